The van der Waals surface area contributed by atoms with Crippen LogP contribution in [-0.4, -0.2) is 91.2 Å². The maximum absolute atomic E-state index is 13.6. The monoisotopic (exact) mass is 1310 g/mol. The fourth-order valence-electron chi connectivity index (χ4n) is 6.50. The van der Waals surface area contributed by atoms with Gasteiger partial charge in [0.15, 0.2) is 18.6 Å². The number of anilines is 4. The first kappa shape index (κ1) is 69.7. The maximum Gasteiger partial charge on any atom is 0.523 e. The Bertz CT molecular complexity index is 3390. The van der Waals surface area contributed by atoms with Crippen molar-refractivity contribution in [2.45, 2.75) is 58.3 Å². The molecule has 4 atom stereocenters. The van der Waals surface area contributed by atoms with E-state index >= 15 is 0 Å². The Balaban J connectivity index is 0.000000286. The average Bonchev–Trinajstić information content (AvgIpc) is 3.53. The third kappa shape index (κ3) is 22.7. The van der Waals surface area contributed by atoms with Crippen molar-refractivity contribution in [3.05, 3.63) is 165 Å². The van der Waals surface area contributed by atoms with Crippen molar-refractivity contribution in [2.24, 2.45) is 0 Å². The number of halogens is 7. The quantitative estimate of drug-likeness (QED) is 0.0111. The highest BCUT2D eigenvalue weighted by atomic mass is 35.5. The van der Waals surface area contributed by atoms with Gasteiger partial charge in [-0.15, -0.1) is 0 Å². The van der Waals surface area contributed by atoms with Crippen molar-refractivity contribution in [3.8, 4) is 23.0 Å². The van der Waals surface area contributed by atoms with E-state index in [1.807, 2.05) is 0 Å². The van der Waals surface area contributed by atoms with Gasteiger partial charge >= 0.3 is 54.7 Å². The van der Waals surface area contributed by atoms with Gasteiger partial charge in [-0.2, -0.15) is 21.6 Å². The lowest BCUT2D eigenvalue weighted by atomic mass is 10.1. The van der Waals surface area contributed by atoms with E-state index in [1.54, 1.807) is 91.9 Å². The normalized spacial score (nSPS) is 13.3. The van der Waals surface area contributed by atoms with Gasteiger partial charge in [0.2, 0.25) is 6.35 Å². The summed E-state index contributed by atoms with van der Waals surface area (Å²) in [4.78, 5) is 45.7. The van der Waals surface area contributed by atoms with E-state index in [1.165, 1.54) is 62.4 Å². The van der Waals surface area contributed by atoms with E-state index in [2.05, 4.69) is 19.6 Å². The van der Waals surface area contributed by atoms with Gasteiger partial charge in [-0.3, -0.25) is 18.6 Å². The first-order valence-electron chi connectivity index (χ1n) is 24.2. The molecular weight excluding hydrogens is 1260 g/mol. The molecule has 0 bridgehead atoms. The number of phenolic OH excluding ortho intramolecular Hbond substituents is 1. The zero-order valence-corrected chi connectivity index (χ0v) is 50.1. The number of hydrogen-bond acceptors (Lipinski definition) is 19. The first-order chi connectivity index (χ1) is 39.5. The number of carbonyl (C=O) groups is 4. The lowest BCUT2D eigenvalue weighted by Crippen LogP contribution is -2.28. The molecule has 0 aliphatic carbocycles. The summed E-state index contributed by atoms with van der Waals surface area (Å²) in [5, 5.41) is 34.3. The van der Waals surface area contributed by atoms with Gasteiger partial charge in [0, 0.05) is 35.6 Å². The largest absolute Gasteiger partial charge is 0.523 e. The first-order valence-corrected chi connectivity index (χ1v) is 30.6. The Morgan fingerprint density at radius 3 is 1.30 bits per heavy atom. The minimum Gasteiger partial charge on any atom is -0.508 e. The number of hydrogen-bond donors (Lipinski definition) is 5. The smallest absolute Gasteiger partial charge is 0.508 e. The van der Waals surface area contributed by atoms with Crippen molar-refractivity contribution >= 4 is 118 Å². The molecule has 84 heavy (non-hydrogen) atoms. The number of carbonyl (C=O) groups excluding carboxylic acids is 2. The molecule has 0 fully saturated rings. The van der Waals surface area contributed by atoms with Crippen molar-refractivity contribution in [1.29, 1.82) is 0 Å². The van der Waals surface area contributed by atoms with Crippen molar-refractivity contribution in [3.63, 3.8) is 0 Å². The summed E-state index contributed by atoms with van der Waals surface area (Å²) in [7, 11) is -14.7. The summed E-state index contributed by atoms with van der Waals surface area (Å²) in [5.74, 6) is -3.30. The van der Waals surface area contributed by atoms with Crippen molar-refractivity contribution < 1.29 is 102 Å². The number of carboxylic acids is 2. The average molecular weight is 1310 g/mol. The van der Waals surface area contributed by atoms with Gasteiger partial charge in [-0.05, 0) is 75.2 Å². The minimum absolute atomic E-state index is 0.0324. The van der Waals surface area contributed by atoms with Crippen LogP contribution in [-0.2, 0) is 74.0 Å². The molecule has 0 aliphatic rings. The number of phenols is 1. The fourth-order valence-corrected chi connectivity index (χ4v) is 11.5. The number of para-hydroxylation sites is 4. The second kappa shape index (κ2) is 32.5. The third-order valence-electron chi connectivity index (χ3n) is 10.2. The highest BCUT2D eigenvalue weighted by Gasteiger charge is 2.49. The van der Waals surface area contributed by atoms with Crippen LogP contribution in [0.2, 0.25) is 20.1 Å². The molecule has 454 valence electrons. The van der Waals surface area contributed by atoms with Crippen LogP contribution in [0.3, 0.4) is 0 Å². The molecule has 6 aromatic rings. The molecule has 6 aromatic carbocycles. The van der Waals surface area contributed by atoms with Crippen LogP contribution < -0.4 is 24.4 Å². The number of aliphatic carboxylic acids is 2. The van der Waals surface area contributed by atoms with E-state index in [0.29, 0.717) is 33.9 Å². The molecule has 5 N–H and O–H groups in total. The van der Waals surface area contributed by atoms with Gasteiger partial charge in [-0.25, -0.2) is 22.9 Å². The highest BCUT2D eigenvalue weighted by Crippen LogP contribution is 2.52. The molecule has 0 saturated carbocycles. The second-order valence-corrected chi connectivity index (χ2v) is 23.7. The molecule has 0 saturated heterocycles. The minimum atomic E-state index is -6.04. The highest BCUT2D eigenvalue weighted by molar-refractivity contribution is 7.87. The Morgan fingerprint density at radius 2 is 0.929 bits per heavy atom. The third-order valence-corrected chi connectivity index (χ3v) is 15.7. The number of aromatic hydroxyl groups is 1. The Kier molecular flexibility index (Phi) is 27.0. The zero-order valence-electron chi connectivity index (χ0n) is 44.4. The second-order valence-electron chi connectivity index (χ2n) is 16.7. The summed E-state index contributed by atoms with van der Waals surface area (Å²) < 4.78 is 125. The number of rotatable bonds is 26. The maximum atomic E-state index is 13.6. The summed E-state index contributed by atoms with van der Waals surface area (Å²) in [5.41, 5.74) is -2.70. The van der Waals surface area contributed by atoms with Crippen molar-refractivity contribution in [2.75, 3.05) is 36.5 Å². The molecule has 6 rings (SSSR count). The van der Waals surface area contributed by atoms with Gasteiger partial charge in [0.1, 0.15) is 23.0 Å². The number of esters is 2. The Labute approximate surface area is 499 Å². The van der Waals surface area contributed by atoms with Crippen LogP contribution in [0.25, 0.3) is 0 Å². The Morgan fingerprint density at radius 1 is 0.571 bits per heavy atom. The summed E-state index contributed by atoms with van der Waals surface area (Å²) in [6, 6.07) is 34.8. The van der Waals surface area contributed by atoms with Crippen LogP contribution in [0.5, 0.6) is 23.0 Å². The fraction of sp³-hybridized carbons (Fsp3) is 0.245. The van der Waals surface area contributed by atoms with Gasteiger partial charge < -0.3 is 49.2 Å². The lowest BCUT2D eigenvalue weighted by molar-refractivity contribution is -0.151. The van der Waals surface area contributed by atoms with E-state index in [-0.39, 0.29) is 69.1 Å². The van der Waals surface area contributed by atoms with Gasteiger partial charge in [0.25, 0.3) is 0 Å². The van der Waals surface area contributed by atoms with Crippen LogP contribution in [0.1, 0.15) is 38.8 Å². The van der Waals surface area contributed by atoms with Gasteiger partial charge in [-0.1, -0.05) is 119 Å². The van der Waals surface area contributed by atoms with Crippen molar-refractivity contribution in [1.82, 2.24) is 0 Å². The van der Waals surface area contributed by atoms with Crippen LogP contribution in [0, 0.1) is 0 Å². The molecule has 21 nitrogen and oxygen atoms in total. The van der Waals surface area contributed by atoms with E-state index in [4.69, 9.17) is 84.2 Å². The summed E-state index contributed by atoms with van der Waals surface area (Å²) in [6.07, 6.45) is -5.16. The Hall–Kier alpha value is -6.76. The number of carboxylic acid groups (broad SMARTS) is 2. The van der Waals surface area contributed by atoms with E-state index < -0.39 is 79.6 Å². The standard InChI is InChI=1S/C26H26Cl2NO8P.C14H11Cl2NO3.C13H16F3O8PS/c1-3-34-26(32)17(2)36-38(33,37-19-10-5-4-6-11-19)16-35-20-14-21(27)25(22(28)15-20)29-23-12-8-7-9-18(23)13-24(30)31;15-10-6-9(18)7-11(16)14(10)17-12-4-2-1-3-8(12)5-13(19)20;1-3-21-12(17)10(2)23-25(18,24-11-7-5-4-6-8-11)9-22-26(19,20)13(14,15)16/h4-12,14-15,17,29H,3,13,16H2,1-2H3,(H,30,31);1-4,6-7,17-18H,5H2,(H,19,20);4-8,10H,3,9H2,1-2H3. The van der Waals surface area contributed by atoms with Crippen LogP contribution >= 0.6 is 61.6 Å². The predicted octanol–water partition coefficient (Wildman–Crippen LogP) is 14.1. The van der Waals surface area contributed by atoms with E-state index in [0.717, 1.165) is 6.92 Å². The molecule has 31 heteroatoms. The molecule has 0 aliphatic heterocycles. The number of alkyl halides is 3. The molecule has 0 aromatic heterocycles. The zero-order chi connectivity index (χ0) is 62.4. The molecular formula is C53H53Cl4F3N2O19P2S. The van der Waals surface area contributed by atoms with Crippen LogP contribution in [0.4, 0.5) is 35.9 Å². The lowest BCUT2D eigenvalue weighted by Gasteiger charge is -2.22. The topological polar surface area (TPSA) is 295 Å². The summed E-state index contributed by atoms with van der Waals surface area (Å²) >= 11 is 24.9. The molecule has 0 amide bonds. The SMILES string of the molecule is CCOC(=O)C(C)OP(=O)(COS(=O)(=O)C(F)(F)F)Oc1ccccc1.CCOC(=O)C(C)OP(=O)(COc1cc(Cl)c(Nc2ccccc2CC(=O)O)c(Cl)c1)Oc1ccccc1.O=C(O)Cc1ccccc1Nc1c(Cl)cc(O)cc1Cl. The predicted molar refractivity (Wildman–Crippen MR) is 307 cm³/mol. The number of nitrogens with one attached hydrogen (secondary N) is 2. The number of ether oxygens (including phenoxy) is 3. The van der Waals surface area contributed by atoms with E-state index in [9.17, 15) is 55.0 Å². The molecule has 0 heterocycles. The molecule has 4 unspecified atom stereocenters. The molecule has 0 spiro atoms. The summed E-state index contributed by atoms with van der Waals surface area (Å²) in [6.45, 7) is 5.74. The molecule has 0 radical (unpaired) electrons. The van der Waals surface area contributed by atoms with Crippen LogP contribution in [0.15, 0.2) is 133 Å². The van der Waals surface area contributed by atoms with Gasteiger partial charge in [0.05, 0.1) is 57.5 Å². The number of benzene rings is 6.